The van der Waals surface area contributed by atoms with Gasteiger partial charge >= 0.3 is 0 Å². The van der Waals surface area contributed by atoms with Crippen molar-refractivity contribution in [3.8, 4) is 22.5 Å². The molecule has 0 amide bonds. The Kier molecular flexibility index (Phi) is 5.07. The average molecular weight is 440 g/mol. The number of hydrogen-bond donors (Lipinski definition) is 0. The summed E-state index contributed by atoms with van der Waals surface area (Å²) in [5, 5.41) is 4.35. The van der Waals surface area contributed by atoms with Gasteiger partial charge in [-0.1, -0.05) is 71.9 Å². The van der Waals surface area contributed by atoms with Crippen LogP contribution >= 0.6 is 0 Å². The van der Waals surface area contributed by atoms with E-state index >= 15 is 0 Å². The Labute approximate surface area is 193 Å². The van der Waals surface area contributed by atoms with Crippen LogP contribution in [0.15, 0.2) is 83.4 Å². The van der Waals surface area contributed by atoms with Crippen LogP contribution < -0.4 is 0 Å². The summed E-state index contributed by atoms with van der Waals surface area (Å²) in [7, 11) is 2.20. The maximum absolute atomic E-state index is 13.6. The zero-order valence-corrected chi connectivity index (χ0v) is 18.6. The van der Waals surface area contributed by atoms with Gasteiger partial charge in [-0.15, -0.1) is 0 Å². The number of nitrogens with zero attached hydrogens (tertiary/aromatic N) is 3. The van der Waals surface area contributed by atoms with E-state index in [2.05, 4.69) is 41.4 Å². The van der Waals surface area contributed by atoms with Crippen LogP contribution in [0.25, 0.3) is 22.5 Å². The first kappa shape index (κ1) is 20.3. The Morgan fingerprint density at radius 3 is 2.30 bits per heavy atom. The highest BCUT2D eigenvalue weighted by Gasteiger charge is 2.48. The van der Waals surface area contributed by atoms with Gasteiger partial charge in [-0.2, -0.15) is 4.98 Å². The number of benzene rings is 3. The highest BCUT2D eigenvalue weighted by Crippen LogP contribution is 2.50. The van der Waals surface area contributed by atoms with Crippen molar-refractivity contribution in [2.24, 2.45) is 0 Å². The molecule has 4 aromatic rings. The van der Waals surface area contributed by atoms with Crippen LogP contribution in [-0.2, 0) is 0 Å². The fourth-order valence-electron chi connectivity index (χ4n) is 5.79. The normalized spacial score (nSPS) is 24.8. The molecular formula is C28H26FN3O. The van der Waals surface area contributed by atoms with Gasteiger partial charge in [0.1, 0.15) is 5.82 Å². The van der Waals surface area contributed by atoms with Crippen molar-refractivity contribution in [1.82, 2.24) is 15.0 Å². The van der Waals surface area contributed by atoms with E-state index in [9.17, 15) is 4.39 Å². The topological polar surface area (TPSA) is 42.2 Å². The molecule has 6 rings (SSSR count). The highest BCUT2D eigenvalue weighted by molar-refractivity contribution is 5.67. The second-order valence-corrected chi connectivity index (χ2v) is 9.28. The first-order valence-electron chi connectivity index (χ1n) is 11.6. The standard InChI is InChI=1S/C28H26FN3O/c1-32-23-15-16-25(32)26(24(17-23)20-11-13-22(29)14-12-20)28-30-27(31-33-28)21-9-7-19(8-10-21)18-5-3-2-4-6-18/h2-14,23-26H,15-17H2,1H3/t23?,24-,25+,26-/m1/s1. The van der Waals surface area contributed by atoms with Gasteiger partial charge in [-0.05, 0) is 61.1 Å². The Hall–Kier alpha value is -3.31. The minimum Gasteiger partial charge on any atom is -0.339 e. The van der Waals surface area contributed by atoms with Gasteiger partial charge in [0.2, 0.25) is 11.7 Å². The van der Waals surface area contributed by atoms with Crippen LogP contribution in [0, 0.1) is 5.82 Å². The van der Waals surface area contributed by atoms with Crippen molar-refractivity contribution in [2.45, 2.75) is 43.2 Å². The summed E-state index contributed by atoms with van der Waals surface area (Å²) >= 11 is 0. The molecule has 0 spiro atoms. The van der Waals surface area contributed by atoms with E-state index in [1.54, 1.807) is 12.1 Å². The van der Waals surface area contributed by atoms with E-state index in [1.807, 2.05) is 42.5 Å². The number of piperidine rings is 1. The molecule has 2 saturated heterocycles. The molecule has 2 fully saturated rings. The van der Waals surface area contributed by atoms with Crippen LogP contribution in [0.4, 0.5) is 4.39 Å². The van der Waals surface area contributed by atoms with Crippen molar-refractivity contribution >= 4 is 0 Å². The van der Waals surface area contributed by atoms with Crippen molar-refractivity contribution in [3.63, 3.8) is 0 Å². The molecule has 3 heterocycles. The molecule has 3 aromatic carbocycles. The fraction of sp³-hybridized carbons (Fsp3) is 0.286. The van der Waals surface area contributed by atoms with Gasteiger partial charge in [-0.3, -0.25) is 4.90 Å². The van der Waals surface area contributed by atoms with Crippen LogP contribution in [-0.4, -0.2) is 34.2 Å². The number of aromatic nitrogens is 2. The lowest BCUT2D eigenvalue weighted by Crippen LogP contribution is -2.44. The first-order valence-corrected chi connectivity index (χ1v) is 11.6. The Morgan fingerprint density at radius 2 is 1.55 bits per heavy atom. The zero-order chi connectivity index (χ0) is 22.4. The molecule has 4 nitrogen and oxygen atoms in total. The summed E-state index contributed by atoms with van der Waals surface area (Å²) in [6, 6.07) is 26.4. The molecule has 1 aromatic heterocycles. The smallest absolute Gasteiger partial charge is 0.232 e. The molecule has 2 bridgehead atoms. The molecule has 33 heavy (non-hydrogen) atoms. The molecule has 1 unspecified atom stereocenters. The van der Waals surface area contributed by atoms with Crippen molar-refractivity contribution in [3.05, 3.63) is 96.1 Å². The minimum absolute atomic E-state index is 0.101. The van der Waals surface area contributed by atoms with Gasteiger partial charge in [0.25, 0.3) is 0 Å². The molecule has 0 aliphatic carbocycles. The summed E-state index contributed by atoms with van der Waals surface area (Å²) < 4.78 is 19.5. The van der Waals surface area contributed by atoms with E-state index in [0.717, 1.165) is 29.5 Å². The van der Waals surface area contributed by atoms with E-state index in [1.165, 1.54) is 12.0 Å². The number of likely N-dealkylation sites (N-methyl/N-ethyl adjacent to an activating group) is 1. The van der Waals surface area contributed by atoms with Crippen LogP contribution in [0.5, 0.6) is 0 Å². The van der Waals surface area contributed by atoms with Gasteiger partial charge in [0.05, 0.1) is 5.92 Å². The van der Waals surface area contributed by atoms with Crippen molar-refractivity contribution in [2.75, 3.05) is 7.05 Å². The summed E-state index contributed by atoms with van der Waals surface area (Å²) in [6.45, 7) is 0. The monoisotopic (exact) mass is 439 g/mol. The molecule has 0 N–H and O–H groups in total. The summed E-state index contributed by atoms with van der Waals surface area (Å²) in [5.41, 5.74) is 4.43. The third-order valence-corrected chi connectivity index (χ3v) is 7.54. The van der Waals surface area contributed by atoms with E-state index in [-0.39, 0.29) is 17.7 Å². The molecular weight excluding hydrogens is 413 g/mol. The van der Waals surface area contributed by atoms with Crippen LogP contribution in [0.3, 0.4) is 0 Å². The third-order valence-electron chi connectivity index (χ3n) is 7.54. The minimum atomic E-state index is -0.203. The maximum atomic E-state index is 13.6. The predicted octanol–water partition coefficient (Wildman–Crippen LogP) is 6.28. The number of fused-ring (bicyclic) bond motifs is 2. The number of rotatable bonds is 4. The Morgan fingerprint density at radius 1 is 0.848 bits per heavy atom. The number of halogens is 1. The quantitative estimate of drug-likeness (QED) is 0.375. The van der Waals surface area contributed by atoms with E-state index in [0.29, 0.717) is 23.8 Å². The van der Waals surface area contributed by atoms with Crippen LogP contribution in [0.1, 0.15) is 42.6 Å². The molecule has 4 atom stereocenters. The van der Waals surface area contributed by atoms with Gasteiger partial charge < -0.3 is 4.52 Å². The average Bonchev–Trinajstić information content (AvgIpc) is 3.42. The van der Waals surface area contributed by atoms with Crippen molar-refractivity contribution < 1.29 is 8.91 Å². The Balaban J connectivity index is 1.32. The zero-order valence-electron chi connectivity index (χ0n) is 18.6. The fourth-order valence-corrected chi connectivity index (χ4v) is 5.79. The third kappa shape index (κ3) is 3.66. The van der Waals surface area contributed by atoms with Gasteiger partial charge in [0.15, 0.2) is 0 Å². The lowest BCUT2D eigenvalue weighted by atomic mass is 9.76. The SMILES string of the molecule is CN1C2CC[C@H]1[C@H](c1nc(-c3ccc(-c4ccccc4)cc3)no1)[C@@H](c1ccc(F)cc1)C2. The van der Waals surface area contributed by atoms with E-state index < -0.39 is 0 Å². The van der Waals surface area contributed by atoms with E-state index in [4.69, 9.17) is 9.51 Å². The van der Waals surface area contributed by atoms with Gasteiger partial charge in [-0.25, -0.2) is 4.39 Å². The predicted molar refractivity (Wildman–Crippen MR) is 126 cm³/mol. The van der Waals surface area contributed by atoms with Gasteiger partial charge in [0, 0.05) is 17.6 Å². The van der Waals surface area contributed by atoms with Crippen LogP contribution in [0.2, 0.25) is 0 Å². The molecule has 2 aliphatic heterocycles. The molecule has 166 valence electrons. The lowest BCUT2D eigenvalue weighted by Gasteiger charge is -2.41. The molecule has 0 radical (unpaired) electrons. The number of hydrogen-bond acceptors (Lipinski definition) is 4. The summed E-state index contributed by atoms with van der Waals surface area (Å²) in [6.07, 6.45) is 3.32. The Bertz CT molecular complexity index is 1240. The second kappa shape index (κ2) is 8.23. The maximum Gasteiger partial charge on any atom is 0.232 e. The summed E-state index contributed by atoms with van der Waals surface area (Å²) in [4.78, 5) is 7.35. The second-order valence-electron chi connectivity index (χ2n) is 9.28. The van der Waals surface area contributed by atoms with Crippen molar-refractivity contribution in [1.29, 1.82) is 0 Å². The molecule has 5 heteroatoms. The first-order chi connectivity index (χ1) is 16.2. The molecule has 2 aliphatic rings. The molecule has 0 saturated carbocycles. The largest absolute Gasteiger partial charge is 0.339 e. The lowest BCUT2D eigenvalue weighted by molar-refractivity contribution is 0.120. The summed E-state index contributed by atoms with van der Waals surface area (Å²) in [5.74, 6) is 1.44. The highest BCUT2D eigenvalue weighted by atomic mass is 19.1.